The number of methoxy groups -OCH3 is 1. The van der Waals surface area contributed by atoms with Gasteiger partial charge in [0, 0.05) is 6.54 Å². The lowest BCUT2D eigenvalue weighted by Gasteiger charge is -2.25. The first-order chi connectivity index (χ1) is 15.6. The summed E-state index contributed by atoms with van der Waals surface area (Å²) in [7, 11) is 1.61. The Morgan fingerprint density at radius 2 is 1.75 bits per heavy atom. The molecule has 1 aliphatic rings. The number of ether oxygens (including phenoxy) is 1. The Morgan fingerprint density at radius 1 is 1.00 bits per heavy atom. The smallest absolute Gasteiger partial charge is 0.290 e. The molecule has 0 spiro atoms. The van der Waals surface area contributed by atoms with Crippen molar-refractivity contribution in [3.8, 4) is 5.75 Å². The molecule has 0 fully saturated rings. The van der Waals surface area contributed by atoms with Crippen molar-refractivity contribution >= 4 is 16.9 Å². The summed E-state index contributed by atoms with van der Waals surface area (Å²) in [4.78, 5) is 28.4. The fourth-order valence-electron chi connectivity index (χ4n) is 4.25. The monoisotopic (exact) mass is 429 g/mol. The Hall–Kier alpha value is -3.93. The number of hydrogen-bond acceptors (Lipinski definition) is 4. The van der Waals surface area contributed by atoms with Crippen molar-refractivity contribution in [1.29, 1.82) is 0 Å². The molecule has 1 unspecified atom stereocenters. The molecule has 1 aliphatic heterocycles. The molecule has 1 amide bonds. The molecule has 32 heavy (non-hydrogen) atoms. The summed E-state index contributed by atoms with van der Waals surface area (Å²) in [5.74, 6) is -0.0839. The molecule has 6 heteroatoms. The minimum absolute atomic E-state index is 0.0256. The number of carbonyl (C=O) groups is 1. The van der Waals surface area contributed by atoms with E-state index >= 15 is 0 Å². The molecular weight excluding hydrogens is 409 g/mol. The molecule has 4 aromatic rings. The molecule has 160 valence electrons. The van der Waals surface area contributed by atoms with Crippen LogP contribution in [0.5, 0.6) is 5.75 Å². The average Bonchev–Trinajstić information content (AvgIpc) is 3.11. The lowest BCUT2D eigenvalue weighted by atomic mass is 9.98. The normalized spacial score (nSPS) is 15.2. The molecule has 5 nitrogen and oxygen atoms in total. The zero-order valence-corrected chi connectivity index (χ0v) is 17.4. The van der Waals surface area contributed by atoms with E-state index in [1.54, 1.807) is 12.0 Å². The summed E-state index contributed by atoms with van der Waals surface area (Å²) in [6, 6.07) is 20.2. The molecule has 0 radical (unpaired) electrons. The SMILES string of the molecule is COc1ccc(CCN2C(=O)c3oc4ccc(F)cc4c(=O)c3C2c2ccccc2)cc1. The highest BCUT2D eigenvalue weighted by atomic mass is 19.1. The second kappa shape index (κ2) is 7.96. The van der Waals surface area contributed by atoms with Crippen LogP contribution in [-0.4, -0.2) is 24.5 Å². The molecule has 0 aliphatic carbocycles. The summed E-state index contributed by atoms with van der Waals surface area (Å²) in [5.41, 5.74) is 1.92. The maximum absolute atomic E-state index is 13.8. The number of benzene rings is 3. The molecule has 0 N–H and O–H groups in total. The summed E-state index contributed by atoms with van der Waals surface area (Å²) >= 11 is 0. The van der Waals surface area contributed by atoms with Crippen LogP contribution in [0.15, 0.2) is 82.0 Å². The Balaban J connectivity index is 1.59. The van der Waals surface area contributed by atoms with E-state index in [4.69, 9.17) is 9.15 Å². The van der Waals surface area contributed by atoms with E-state index in [2.05, 4.69) is 0 Å². The van der Waals surface area contributed by atoms with Crippen molar-refractivity contribution < 1.29 is 18.3 Å². The fourth-order valence-corrected chi connectivity index (χ4v) is 4.25. The van der Waals surface area contributed by atoms with Crippen molar-refractivity contribution in [3.63, 3.8) is 0 Å². The van der Waals surface area contributed by atoms with Crippen LogP contribution in [0.2, 0.25) is 0 Å². The average molecular weight is 429 g/mol. The van der Waals surface area contributed by atoms with Crippen LogP contribution >= 0.6 is 0 Å². The Kier molecular flexibility index (Phi) is 4.98. The minimum atomic E-state index is -0.596. The van der Waals surface area contributed by atoms with E-state index in [1.165, 1.54) is 12.1 Å². The third-order valence-electron chi connectivity index (χ3n) is 5.84. The zero-order chi connectivity index (χ0) is 22.2. The van der Waals surface area contributed by atoms with Crippen molar-refractivity contribution in [3.05, 3.63) is 111 Å². The van der Waals surface area contributed by atoms with E-state index in [0.717, 1.165) is 22.9 Å². The van der Waals surface area contributed by atoms with Crippen molar-refractivity contribution in [2.24, 2.45) is 0 Å². The van der Waals surface area contributed by atoms with Crippen LogP contribution in [0.1, 0.15) is 33.3 Å². The van der Waals surface area contributed by atoms with Crippen molar-refractivity contribution in [1.82, 2.24) is 4.90 Å². The van der Waals surface area contributed by atoms with E-state index < -0.39 is 11.9 Å². The predicted octanol–water partition coefficient (Wildman–Crippen LogP) is 4.73. The van der Waals surface area contributed by atoms with Gasteiger partial charge in [-0.2, -0.15) is 0 Å². The molecule has 0 bridgehead atoms. The molecule has 5 rings (SSSR count). The summed E-state index contributed by atoms with van der Waals surface area (Å²) < 4.78 is 24.9. The number of amides is 1. The molecule has 1 atom stereocenters. The van der Waals surface area contributed by atoms with Crippen LogP contribution in [0.25, 0.3) is 11.0 Å². The van der Waals surface area contributed by atoms with Crippen molar-refractivity contribution in [2.75, 3.05) is 13.7 Å². The predicted molar refractivity (Wildman–Crippen MR) is 118 cm³/mol. The molecule has 0 saturated carbocycles. The standard InChI is InChI=1S/C26H20FNO4/c1-31-19-10-7-16(8-11-19)13-14-28-23(17-5-3-2-4-6-17)22-24(29)20-15-18(27)9-12-21(20)32-25(22)26(28)30/h2-12,15,23H,13-14H2,1H3. The lowest BCUT2D eigenvalue weighted by Crippen LogP contribution is -2.31. The lowest BCUT2D eigenvalue weighted by molar-refractivity contribution is 0.0730. The van der Waals surface area contributed by atoms with Gasteiger partial charge in [-0.1, -0.05) is 42.5 Å². The van der Waals surface area contributed by atoms with Gasteiger partial charge in [0.2, 0.25) is 5.76 Å². The second-order valence-corrected chi connectivity index (χ2v) is 7.72. The second-order valence-electron chi connectivity index (χ2n) is 7.72. The Morgan fingerprint density at radius 3 is 2.47 bits per heavy atom. The Bertz CT molecular complexity index is 1360. The van der Waals surface area contributed by atoms with Gasteiger partial charge in [-0.15, -0.1) is 0 Å². The third-order valence-corrected chi connectivity index (χ3v) is 5.84. The van der Waals surface area contributed by atoms with Gasteiger partial charge in [0.15, 0.2) is 5.43 Å². The van der Waals surface area contributed by atoms with Gasteiger partial charge in [-0.05, 0) is 47.9 Å². The maximum atomic E-state index is 13.8. The molecule has 1 aromatic heterocycles. The highest BCUT2D eigenvalue weighted by molar-refractivity contribution is 5.99. The molecule has 0 saturated heterocycles. The topological polar surface area (TPSA) is 59.8 Å². The maximum Gasteiger partial charge on any atom is 0.290 e. The third kappa shape index (κ3) is 3.34. The first-order valence-electron chi connectivity index (χ1n) is 10.3. The number of hydrogen-bond donors (Lipinski definition) is 0. The number of fused-ring (bicyclic) bond motifs is 2. The highest BCUT2D eigenvalue weighted by Gasteiger charge is 2.42. The van der Waals surface area contributed by atoms with Gasteiger partial charge in [0.25, 0.3) is 5.91 Å². The van der Waals surface area contributed by atoms with Gasteiger partial charge < -0.3 is 14.1 Å². The van der Waals surface area contributed by atoms with Gasteiger partial charge in [0.05, 0.1) is 24.1 Å². The largest absolute Gasteiger partial charge is 0.497 e. The highest BCUT2D eigenvalue weighted by Crippen LogP contribution is 2.38. The molecule has 3 aromatic carbocycles. The number of halogens is 1. The summed E-state index contributed by atoms with van der Waals surface area (Å²) in [6.45, 7) is 0.388. The van der Waals surface area contributed by atoms with E-state index in [0.29, 0.717) is 13.0 Å². The van der Waals surface area contributed by atoms with E-state index in [9.17, 15) is 14.0 Å². The van der Waals surface area contributed by atoms with Crippen molar-refractivity contribution in [2.45, 2.75) is 12.5 Å². The van der Waals surface area contributed by atoms with Crippen LogP contribution in [0.3, 0.4) is 0 Å². The van der Waals surface area contributed by atoms with Crippen LogP contribution < -0.4 is 10.2 Å². The Labute approximate surface area is 183 Å². The van der Waals surface area contributed by atoms with Gasteiger partial charge >= 0.3 is 0 Å². The first kappa shape index (κ1) is 20.0. The molecular formula is C26H20FNO4. The van der Waals surface area contributed by atoms with Crippen LogP contribution in [0, 0.1) is 5.82 Å². The summed E-state index contributed by atoms with van der Waals surface area (Å²) in [5, 5.41) is 0.134. The van der Waals surface area contributed by atoms with Crippen LogP contribution in [-0.2, 0) is 6.42 Å². The number of nitrogens with zero attached hydrogens (tertiary/aromatic N) is 1. The minimum Gasteiger partial charge on any atom is -0.497 e. The summed E-state index contributed by atoms with van der Waals surface area (Å²) in [6.07, 6.45) is 0.593. The number of rotatable bonds is 5. The quantitative estimate of drug-likeness (QED) is 0.460. The number of carbonyl (C=O) groups excluding carboxylic acids is 1. The first-order valence-corrected chi connectivity index (χ1v) is 10.3. The van der Waals surface area contributed by atoms with Gasteiger partial charge in [-0.25, -0.2) is 4.39 Å². The fraction of sp³-hybridized carbons (Fsp3) is 0.154. The van der Waals surface area contributed by atoms with Gasteiger partial charge in [0.1, 0.15) is 17.1 Å². The van der Waals surface area contributed by atoms with E-state index in [1.807, 2.05) is 54.6 Å². The molecule has 2 heterocycles. The van der Waals surface area contributed by atoms with E-state index in [-0.39, 0.29) is 33.6 Å². The van der Waals surface area contributed by atoms with Gasteiger partial charge in [-0.3, -0.25) is 9.59 Å². The van der Waals surface area contributed by atoms with Crippen LogP contribution in [0.4, 0.5) is 4.39 Å². The zero-order valence-electron chi connectivity index (χ0n) is 17.4.